The number of carbonyl (C=O) groups excluding carboxylic acids is 1. The molecule has 1 aromatic rings. The van der Waals surface area contributed by atoms with Crippen molar-refractivity contribution in [3.05, 3.63) is 58.8 Å². The summed E-state index contributed by atoms with van der Waals surface area (Å²) in [6.07, 6.45) is 3.69. The van der Waals surface area contributed by atoms with Gasteiger partial charge in [-0.15, -0.1) is 0 Å². The number of hydrogen-bond acceptors (Lipinski definition) is 9. The molecule has 0 saturated heterocycles. The standard InChI is InChI=1S/C24H34FN5O2.C5H10O2/c1-4-20-9-8-19(16-22(20)25)18-30(23(28)11-10-21(27)17-26)14-12-24(31-5-2)32-15-7-6-13-29-3;1-5(2,3)7-4-6/h8-11,16,24,29H,4-5,12-15,18,27-28H2,1-3H3;4H,1-3H3/b21-10-,23-11+;. The first-order chi connectivity index (χ1) is 18.5. The molecule has 5 N–H and O–H groups in total. The monoisotopic (exact) mass is 545 g/mol. The second-order valence-corrected chi connectivity index (χ2v) is 9.22. The first kappa shape index (κ1) is 35.4. The smallest absolute Gasteiger partial charge is 0.293 e. The minimum absolute atomic E-state index is 0.0434. The number of ether oxygens (including phenoxy) is 3. The number of nitrogens with two attached hydrogens (primary N) is 2. The number of nitrogens with zero attached hydrogens (tertiary/aromatic N) is 2. The third kappa shape index (κ3) is 17.5. The van der Waals surface area contributed by atoms with Crippen LogP contribution in [0.2, 0.25) is 0 Å². The number of rotatable bonds is 14. The molecule has 0 aliphatic heterocycles. The number of carbonyl (C=O) groups is 1. The van der Waals surface area contributed by atoms with Crippen LogP contribution in [-0.2, 0) is 32.0 Å². The third-order valence-electron chi connectivity index (χ3n) is 4.92. The fourth-order valence-electron chi connectivity index (χ4n) is 2.96. The van der Waals surface area contributed by atoms with E-state index in [-0.39, 0.29) is 23.7 Å². The van der Waals surface area contributed by atoms with Crippen molar-refractivity contribution in [1.29, 1.82) is 5.26 Å². The van der Waals surface area contributed by atoms with Crippen LogP contribution in [0.25, 0.3) is 0 Å². The first-order valence-corrected chi connectivity index (χ1v) is 12.8. The maximum Gasteiger partial charge on any atom is 0.293 e. The second kappa shape index (κ2) is 20.4. The van der Waals surface area contributed by atoms with Crippen molar-refractivity contribution in [2.45, 2.75) is 65.9 Å². The molecule has 1 unspecified atom stereocenters. The van der Waals surface area contributed by atoms with E-state index in [2.05, 4.69) is 21.9 Å². The van der Waals surface area contributed by atoms with Gasteiger partial charge < -0.3 is 35.9 Å². The van der Waals surface area contributed by atoms with Crippen molar-refractivity contribution in [3.8, 4) is 17.9 Å². The zero-order valence-corrected chi connectivity index (χ0v) is 24.1. The highest BCUT2D eigenvalue weighted by atomic mass is 19.1. The SMILES string of the molecule is CC(C)(C)OC=O.CCOC(CCN(Cc1ccc(CC)c(F)c1)/C(N)=C/C=C(\N)C#N)OCC#CCNC. The van der Waals surface area contributed by atoms with Crippen molar-refractivity contribution >= 4 is 6.47 Å². The van der Waals surface area contributed by atoms with Gasteiger partial charge in [0.05, 0.1) is 12.4 Å². The number of halogens is 1. The van der Waals surface area contributed by atoms with Crippen molar-refractivity contribution < 1.29 is 23.4 Å². The highest BCUT2D eigenvalue weighted by Gasteiger charge is 2.14. The summed E-state index contributed by atoms with van der Waals surface area (Å²) in [6.45, 7) is 11.9. The molecular weight excluding hydrogens is 501 g/mol. The molecule has 0 amide bonds. The Labute approximate surface area is 233 Å². The van der Waals surface area contributed by atoms with Gasteiger partial charge in [-0.2, -0.15) is 5.26 Å². The Kier molecular flexibility index (Phi) is 18.5. The summed E-state index contributed by atoms with van der Waals surface area (Å²) >= 11 is 0. The zero-order valence-electron chi connectivity index (χ0n) is 24.1. The molecule has 39 heavy (non-hydrogen) atoms. The lowest BCUT2D eigenvalue weighted by molar-refractivity contribution is -0.138. The summed E-state index contributed by atoms with van der Waals surface area (Å²) in [4.78, 5) is 11.5. The summed E-state index contributed by atoms with van der Waals surface area (Å²) in [5.74, 6) is 6.01. The third-order valence-corrected chi connectivity index (χ3v) is 4.92. The Morgan fingerprint density at radius 1 is 1.21 bits per heavy atom. The molecule has 1 aromatic carbocycles. The normalized spacial score (nSPS) is 12.3. The molecule has 216 valence electrons. The number of aryl methyl sites for hydroxylation is 1. The van der Waals surface area contributed by atoms with Crippen molar-refractivity contribution in [1.82, 2.24) is 10.2 Å². The van der Waals surface area contributed by atoms with Crippen LogP contribution in [0.4, 0.5) is 4.39 Å². The Morgan fingerprint density at radius 2 is 1.92 bits per heavy atom. The number of allylic oxidation sites excluding steroid dienone is 3. The predicted octanol–water partition coefficient (Wildman–Crippen LogP) is 3.31. The summed E-state index contributed by atoms with van der Waals surface area (Å²) in [5.41, 5.74) is 13.0. The topological polar surface area (TPSA) is 136 Å². The molecule has 1 atom stereocenters. The number of nitrogens with one attached hydrogen (secondary N) is 1. The molecule has 0 heterocycles. The van der Waals surface area contributed by atoms with Gasteiger partial charge in [-0.05, 0) is 70.5 Å². The molecule has 0 saturated carbocycles. The van der Waals surface area contributed by atoms with Gasteiger partial charge in [0.25, 0.3) is 6.47 Å². The number of hydrogen-bond donors (Lipinski definition) is 3. The molecule has 0 radical (unpaired) electrons. The van der Waals surface area contributed by atoms with Crippen LogP contribution in [0.15, 0.2) is 41.9 Å². The van der Waals surface area contributed by atoms with Crippen LogP contribution < -0.4 is 16.8 Å². The summed E-state index contributed by atoms with van der Waals surface area (Å²) in [5, 5.41) is 11.8. The van der Waals surface area contributed by atoms with E-state index in [0.29, 0.717) is 56.9 Å². The van der Waals surface area contributed by atoms with Gasteiger partial charge in [-0.1, -0.05) is 30.9 Å². The van der Waals surface area contributed by atoms with Gasteiger partial charge in [-0.3, -0.25) is 4.79 Å². The average molecular weight is 546 g/mol. The van der Waals surface area contributed by atoms with Crippen LogP contribution >= 0.6 is 0 Å². The summed E-state index contributed by atoms with van der Waals surface area (Å²) in [6, 6.07) is 7.04. The summed E-state index contributed by atoms with van der Waals surface area (Å²) in [7, 11) is 1.83. The van der Waals surface area contributed by atoms with Crippen molar-refractivity contribution in [2.24, 2.45) is 11.5 Å². The van der Waals surface area contributed by atoms with Crippen LogP contribution in [0.5, 0.6) is 0 Å². The Balaban J connectivity index is 0.00000181. The number of benzene rings is 1. The molecule has 0 aliphatic rings. The van der Waals surface area contributed by atoms with E-state index < -0.39 is 6.29 Å². The lowest BCUT2D eigenvalue weighted by Crippen LogP contribution is -2.32. The minimum atomic E-state index is -0.460. The maximum atomic E-state index is 14.3. The van der Waals surface area contributed by atoms with Crippen LogP contribution in [0, 0.1) is 29.0 Å². The fraction of sp³-hybridized carbons (Fsp3) is 0.517. The molecule has 10 heteroatoms. The van der Waals surface area contributed by atoms with E-state index in [1.54, 1.807) is 12.1 Å². The highest BCUT2D eigenvalue weighted by molar-refractivity contribution is 5.37. The zero-order chi connectivity index (χ0) is 29.7. The molecule has 0 bridgehead atoms. The lowest BCUT2D eigenvalue weighted by atomic mass is 10.1. The minimum Gasteiger partial charge on any atom is -0.462 e. The number of nitriles is 1. The van der Waals surface area contributed by atoms with Crippen molar-refractivity contribution in [3.63, 3.8) is 0 Å². The molecule has 1 rings (SSSR count). The lowest BCUT2D eigenvalue weighted by Gasteiger charge is -2.27. The quantitative estimate of drug-likeness (QED) is 0.106. The molecule has 9 nitrogen and oxygen atoms in total. The van der Waals surface area contributed by atoms with Crippen LogP contribution in [-0.4, -0.2) is 56.6 Å². The van der Waals surface area contributed by atoms with E-state index in [1.165, 1.54) is 12.1 Å². The first-order valence-electron chi connectivity index (χ1n) is 12.8. The van der Waals surface area contributed by atoms with Gasteiger partial charge in [0, 0.05) is 26.1 Å². The van der Waals surface area contributed by atoms with E-state index >= 15 is 0 Å². The maximum absolute atomic E-state index is 14.3. The van der Waals surface area contributed by atoms with Crippen molar-refractivity contribution in [2.75, 3.05) is 33.4 Å². The Hall–Kier alpha value is -3.57. The van der Waals surface area contributed by atoms with Gasteiger partial charge in [0.15, 0.2) is 6.29 Å². The largest absolute Gasteiger partial charge is 0.462 e. The average Bonchev–Trinajstić information content (AvgIpc) is 2.88. The van der Waals surface area contributed by atoms with Gasteiger partial charge >= 0.3 is 0 Å². The van der Waals surface area contributed by atoms with E-state index in [4.69, 9.17) is 26.2 Å². The second-order valence-electron chi connectivity index (χ2n) is 9.22. The van der Waals surface area contributed by atoms with Gasteiger partial charge in [-0.25, -0.2) is 4.39 Å². The van der Waals surface area contributed by atoms with Gasteiger partial charge in [0.2, 0.25) is 0 Å². The predicted molar refractivity (Wildman–Crippen MR) is 151 cm³/mol. The Morgan fingerprint density at radius 3 is 2.44 bits per heavy atom. The highest BCUT2D eigenvalue weighted by Crippen LogP contribution is 2.16. The van der Waals surface area contributed by atoms with Crippen LogP contribution in [0.1, 0.15) is 52.2 Å². The summed E-state index contributed by atoms with van der Waals surface area (Å²) < 4.78 is 30.2. The van der Waals surface area contributed by atoms with E-state index in [9.17, 15) is 9.18 Å². The molecule has 0 fully saturated rings. The van der Waals surface area contributed by atoms with Crippen LogP contribution in [0.3, 0.4) is 0 Å². The fourth-order valence-corrected chi connectivity index (χ4v) is 2.96. The Bertz CT molecular complexity index is 1020. The van der Waals surface area contributed by atoms with Gasteiger partial charge in [0.1, 0.15) is 29.8 Å². The molecule has 0 aromatic heterocycles. The molecule has 0 aliphatic carbocycles. The molecular formula is C29H44FN5O4. The van der Waals surface area contributed by atoms with E-state index in [0.717, 1.165) is 5.56 Å². The molecule has 0 spiro atoms. The van der Waals surface area contributed by atoms with E-state index in [1.807, 2.05) is 58.7 Å².